The standard InChI is InChI=1S/C76H72N4O/c1-73(2,3)53-27-21-25-51(37-53)63-41-55(75(7,8)9)42-65-61-29-17-16-28-60(61)50-24-20-26-52(36-50)66-43-56(76(10,11)12)44-71(77-66)80-67-35-32-49(48-22-14-13-15-23-48)38-64(67)62-34-33-58(46-70(62)80)81-59-40-54(74(4,5)6)39-57(45-59)78-47-79(72(63)65)69-31-19-18-30-68(69)78/h13-46H,47H2,1-12H3/i13D,14D,15D,22D,23D,32D,33D,34D,35D,38D. The molecule has 0 radical (unpaired) electrons. The minimum atomic E-state index is -0.655. The van der Waals surface area contributed by atoms with Crippen LogP contribution in [0.2, 0.25) is 0 Å². The molecular formula is C76H72N4O. The predicted molar refractivity (Wildman–Crippen MR) is 343 cm³/mol. The smallest absolute Gasteiger partial charge is 0.138 e. The third kappa shape index (κ3) is 9.37. The number of nitrogens with zero attached hydrogens (tertiary/aromatic N) is 4. The molecule has 11 aromatic rings. The van der Waals surface area contributed by atoms with Gasteiger partial charge in [0.15, 0.2) is 0 Å². The number of ether oxygens (including phenoxy) is 1. The largest absolute Gasteiger partial charge is 0.457 e. The maximum Gasteiger partial charge on any atom is 0.138 e. The zero-order valence-corrected chi connectivity index (χ0v) is 48.3. The van der Waals surface area contributed by atoms with Crippen molar-refractivity contribution in [2.75, 3.05) is 16.5 Å². The van der Waals surface area contributed by atoms with E-state index in [0.717, 1.165) is 72.8 Å². The molecule has 5 heteroatoms. The monoisotopic (exact) mass is 1070 g/mol. The lowest BCUT2D eigenvalue weighted by Crippen LogP contribution is -2.26. The molecule has 0 atom stereocenters. The molecular weight excluding hydrogens is 985 g/mol. The maximum atomic E-state index is 10.1. The summed E-state index contributed by atoms with van der Waals surface area (Å²) < 4.78 is 102. The Hall–Kier alpha value is -8.67. The van der Waals surface area contributed by atoms with Gasteiger partial charge in [0.25, 0.3) is 0 Å². The van der Waals surface area contributed by atoms with E-state index >= 15 is 0 Å². The highest BCUT2D eigenvalue weighted by molar-refractivity contribution is 6.11. The van der Waals surface area contributed by atoms with Gasteiger partial charge in [-0.15, -0.1) is 0 Å². The average Bonchev–Trinajstić information content (AvgIpc) is 1.59. The van der Waals surface area contributed by atoms with Crippen molar-refractivity contribution in [3.05, 3.63) is 228 Å². The second-order valence-corrected chi connectivity index (χ2v) is 25.9. The first-order valence-electron chi connectivity index (χ1n) is 33.0. The Labute approximate surface area is 493 Å². The fourth-order valence-electron chi connectivity index (χ4n) is 11.4. The van der Waals surface area contributed by atoms with E-state index in [2.05, 4.69) is 202 Å². The van der Waals surface area contributed by atoms with Gasteiger partial charge in [-0.1, -0.05) is 198 Å². The number of hydrogen-bond acceptors (Lipinski definition) is 4. The second kappa shape index (κ2) is 19.0. The molecule has 0 spiro atoms. The molecule has 13 rings (SSSR count). The predicted octanol–water partition coefficient (Wildman–Crippen LogP) is 21.1. The normalized spacial score (nSPS) is 15.2. The molecule has 5 nitrogen and oxygen atoms in total. The summed E-state index contributed by atoms with van der Waals surface area (Å²) in [4.78, 5) is 10.3. The number of aromatic nitrogens is 2. The molecule has 0 N–H and O–H groups in total. The summed E-state index contributed by atoms with van der Waals surface area (Å²) >= 11 is 0. The molecule has 0 aliphatic carbocycles. The Morgan fingerprint density at radius 1 is 0.420 bits per heavy atom. The highest BCUT2D eigenvalue weighted by Gasteiger charge is 2.35. The third-order valence-corrected chi connectivity index (χ3v) is 16.0. The van der Waals surface area contributed by atoms with Gasteiger partial charge in [-0.3, -0.25) is 4.57 Å². The lowest BCUT2D eigenvalue weighted by molar-refractivity contribution is 0.479. The first kappa shape index (κ1) is 41.4. The first-order valence-corrected chi connectivity index (χ1v) is 28.0. The maximum absolute atomic E-state index is 10.1. The van der Waals surface area contributed by atoms with Crippen LogP contribution in [0, 0.1) is 0 Å². The van der Waals surface area contributed by atoms with Gasteiger partial charge in [-0.2, -0.15) is 0 Å². The van der Waals surface area contributed by atoms with Crippen LogP contribution in [0.5, 0.6) is 11.5 Å². The molecule has 4 heterocycles. The molecule has 81 heavy (non-hydrogen) atoms. The quantitative estimate of drug-likeness (QED) is 0.173. The van der Waals surface area contributed by atoms with Crippen LogP contribution in [0.25, 0.3) is 83.4 Å². The van der Waals surface area contributed by atoms with Crippen LogP contribution in [0.3, 0.4) is 0 Å². The Morgan fingerprint density at radius 2 is 1.05 bits per heavy atom. The molecule has 0 amide bonds. The summed E-state index contributed by atoms with van der Waals surface area (Å²) in [5.74, 6) is 0.702. The van der Waals surface area contributed by atoms with Crippen LogP contribution in [0.1, 0.15) is 119 Å². The van der Waals surface area contributed by atoms with Crippen molar-refractivity contribution >= 4 is 44.6 Å². The highest BCUT2D eigenvalue weighted by Crippen LogP contribution is 2.54. The van der Waals surface area contributed by atoms with Crippen molar-refractivity contribution in [3.63, 3.8) is 0 Å². The van der Waals surface area contributed by atoms with Gasteiger partial charge in [0.1, 0.15) is 24.0 Å². The van der Waals surface area contributed by atoms with Crippen molar-refractivity contribution < 1.29 is 18.4 Å². The highest BCUT2D eigenvalue weighted by atomic mass is 16.5. The summed E-state index contributed by atoms with van der Waals surface area (Å²) in [6.07, 6.45) is 0. The lowest BCUT2D eigenvalue weighted by atomic mass is 9.80. The fourth-order valence-corrected chi connectivity index (χ4v) is 11.4. The van der Waals surface area contributed by atoms with Gasteiger partial charge in [0.2, 0.25) is 0 Å². The minimum absolute atomic E-state index is 0.00582. The van der Waals surface area contributed by atoms with E-state index in [0.29, 0.717) is 23.9 Å². The van der Waals surface area contributed by atoms with Crippen molar-refractivity contribution in [1.29, 1.82) is 0 Å². The molecule has 402 valence electrons. The molecule has 2 aromatic heterocycles. The van der Waals surface area contributed by atoms with Crippen molar-refractivity contribution in [1.82, 2.24) is 9.55 Å². The minimum Gasteiger partial charge on any atom is -0.457 e. The number of pyridine rings is 1. The number of hydrogen-bond donors (Lipinski definition) is 0. The molecule has 0 saturated heterocycles. The van der Waals surface area contributed by atoms with Crippen LogP contribution >= 0.6 is 0 Å². The van der Waals surface area contributed by atoms with Gasteiger partial charge in [0, 0.05) is 45.3 Å². The van der Waals surface area contributed by atoms with Crippen LogP contribution in [0.4, 0.5) is 22.7 Å². The summed E-state index contributed by atoms with van der Waals surface area (Å²) in [6.45, 7) is 26.7. The van der Waals surface area contributed by atoms with Gasteiger partial charge in [-0.25, -0.2) is 4.98 Å². The van der Waals surface area contributed by atoms with Crippen molar-refractivity contribution in [2.45, 2.75) is 105 Å². The van der Waals surface area contributed by atoms with Gasteiger partial charge < -0.3 is 14.5 Å². The van der Waals surface area contributed by atoms with Crippen molar-refractivity contribution in [3.8, 4) is 73.1 Å². The average molecular weight is 1070 g/mol. The van der Waals surface area contributed by atoms with Gasteiger partial charge in [-0.05, 0) is 156 Å². The van der Waals surface area contributed by atoms with E-state index in [1.54, 1.807) is 10.6 Å². The molecule has 2 aliphatic rings. The third-order valence-electron chi connectivity index (χ3n) is 16.0. The molecule has 0 saturated carbocycles. The van der Waals surface area contributed by atoms with Crippen molar-refractivity contribution in [2.24, 2.45) is 0 Å². The van der Waals surface area contributed by atoms with Gasteiger partial charge in [0.05, 0.1) is 47.5 Å². The van der Waals surface area contributed by atoms with Crippen LogP contribution in [-0.2, 0) is 21.7 Å². The van der Waals surface area contributed by atoms with E-state index in [4.69, 9.17) is 16.6 Å². The number of para-hydroxylation sites is 2. The summed E-state index contributed by atoms with van der Waals surface area (Å²) in [5, 5.41) is 0.0484. The zero-order valence-electron chi connectivity index (χ0n) is 58.3. The van der Waals surface area contributed by atoms with E-state index in [-0.39, 0.29) is 56.0 Å². The number of benzene rings is 9. The summed E-state index contributed by atoms with van der Waals surface area (Å²) in [5.41, 5.74) is 13.8. The lowest BCUT2D eigenvalue weighted by Gasteiger charge is -2.31. The SMILES string of the molecule is [2H]c1c([2H])c([2H])c(-c2c([2H])c([2H])c3c(c2[2H])c2c([2H])c([2H])c4cc2n3-c2cc(C(C)(C)C)cc(n2)-c2cccc(c2)-c2ccccc2-c2cc(C(C)(C)C)cc(-c3cccc(C(C)(C)C)c3)c2N2CN(c3cc(cc(C(C)(C)C)c3)O4)c3ccccc32)c([2H])c1[2H]. The zero-order chi connectivity index (χ0) is 65.0. The van der Waals surface area contributed by atoms with E-state index in [9.17, 15) is 6.85 Å². The molecule has 9 aromatic carbocycles. The first-order chi connectivity index (χ1) is 42.8. The Balaban J connectivity index is 1.18. The molecule has 0 fully saturated rings. The second-order valence-electron chi connectivity index (χ2n) is 25.9. The fraction of sp³-hybridized carbons (Fsp3) is 0.224. The summed E-state index contributed by atoms with van der Waals surface area (Å²) in [7, 11) is 0. The Bertz CT molecular complexity index is 4880. The Kier molecular flexibility index (Phi) is 9.69. The van der Waals surface area contributed by atoms with Crippen LogP contribution < -0.4 is 14.5 Å². The summed E-state index contributed by atoms with van der Waals surface area (Å²) in [6, 6.07) is 45.7. The van der Waals surface area contributed by atoms with E-state index in [1.165, 1.54) is 11.1 Å². The number of rotatable bonds is 2. The van der Waals surface area contributed by atoms with E-state index < -0.39 is 64.7 Å². The molecule has 2 aliphatic heterocycles. The van der Waals surface area contributed by atoms with Gasteiger partial charge >= 0.3 is 0 Å². The van der Waals surface area contributed by atoms with Crippen LogP contribution in [0.15, 0.2) is 206 Å². The Morgan fingerprint density at radius 3 is 1.78 bits per heavy atom. The number of fused-ring (bicyclic) bond motifs is 23. The topological polar surface area (TPSA) is 33.5 Å². The van der Waals surface area contributed by atoms with E-state index in [1.807, 2.05) is 30.3 Å². The molecule has 10 bridgehead atoms. The number of anilines is 4. The van der Waals surface area contributed by atoms with Crippen LogP contribution in [-0.4, -0.2) is 16.2 Å². The molecule has 0 unspecified atom stereocenters.